The zero-order chi connectivity index (χ0) is 12.8. The summed E-state index contributed by atoms with van der Waals surface area (Å²) in [5.41, 5.74) is 0.513. The minimum absolute atomic E-state index is 0.0818. The average Bonchev–Trinajstić information content (AvgIpc) is 2.28. The van der Waals surface area contributed by atoms with Gasteiger partial charge in [-0.15, -0.1) is 0 Å². The highest BCUT2D eigenvalue weighted by molar-refractivity contribution is 6.30. The third-order valence-electron chi connectivity index (χ3n) is 2.34. The minimum atomic E-state index is -0.548. The minimum Gasteiger partial charge on any atom is -0.508 e. The predicted octanol–water partition coefficient (Wildman–Crippen LogP) is 1.76. The maximum absolute atomic E-state index is 9.68. The Morgan fingerprint density at radius 2 is 2.24 bits per heavy atom. The first-order valence-corrected chi connectivity index (χ1v) is 5.68. The standard InChI is InChI=1S/C12H16ClN3O/c1-16(2)6-5-15-11(8-14)10-7-9(13)3-4-12(10)17/h3-4,7,11,15,17H,5-6H2,1-2H3. The third-order valence-corrected chi connectivity index (χ3v) is 2.57. The highest BCUT2D eigenvalue weighted by Crippen LogP contribution is 2.26. The Morgan fingerprint density at radius 1 is 1.53 bits per heavy atom. The molecular formula is C12H16ClN3O. The van der Waals surface area contributed by atoms with E-state index in [4.69, 9.17) is 16.9 Å². The Labute approximate surface area is 106 Å². The SMILES string of the molecule is CN(C)CCNC(C#N)c1cc(Cl)ccc1O. The molecular weight excluding hydrogens is 238 g/mol. The van der Waals surface area contributed by atoms with Crippen molar-refractivity contribution in [1.82, 2.24) is 10.2 Å². The lowest BCUT2D eigenvalue weighted by molar-refractivity contribution is 0.392. The molecule has 5 heteroatoms. The highest BCUT2D eigenvalue weighted by atomic mass is 35.5. The molecule has 1 atom stereocenters. The summed E-state index contributed by atoms with van der Waals surface area (Å²) in [6, 6.07) is 6.26. The van der Waals surface area contributed by atoms with E-state index in [1.165, 1.54) is 6.07 Å². The number of aromatic hydroxyl groups is 1. The quantitative estimate of drug-likeness (QED) is 0.840. The lowest BCUT2D eigenvalue weighted by Gasteiger charge is -2.15. The van der Waals surface area contributed by atoms with Crippen LogP contribution < -0.4 is 5.32 Å². The molecule has 0 amide bonds. The van der Waals surface area contributed by atoms with Gasteiger partial charge in [0.05, 0.1) is 6.07 Å². The Bertz CT molecular complexity index is 415. The molecule has 0 saturated heterocycles. The van der Waals surface area contributed by atoms with Gasteiger partial charge < -0.3 is 10.0 Å². The van der Waals surface area contributed by atoms with Gasteiger partial charge in [0.25, 0.3) is 0 Å². The maximum Gasteiger partial charge on any atom is 0.125 e. The molecule has 0 aliphatic carbocycles. The number of benzene rings is 1. The smallest absolute Gasteiger partial charge is 0.125 e. The summed E-state index contributed by atoms with van der Waals surface area (Å²) in [5.74, 6) is 0.0818. The Morgan fingerprint density at radius 3 is 2.82 bits per heavy atom. The molecule has 0 bridgehead atoms. The molecule has 0 heterocycles. The van der Waals surface area contributed by atoms with Gasteiger partial charge in [-0.1, -0.05) is 11.6 Å². The van der Waals surface area contributed by atoms with Gasteiger partial charge in [0, 0.05) is 23.7 Å². The van der Waals surface area contributed by atoms with E-state index in [1.807, 2.05) is 19.0 Å². The van der Waals surface area contributed by atoms with Crippen LogP contribution in [0.2, 0.25) is 5.02 Å². The van der Waals surface area contributed by atoms with Crippen molar-refractivity contribution in [3.8, 4) is 11.8 Å². The number of hydrogen-bond acceptors (Lipinski definition) is 4. The molecule has 4 nitrogen and oxygen atoms in total. The number of likely N-dealkylation sites (N-methyl/N-ethyl adjacent to an activating group) is 1. The summed E-state index contributed by atoms with van der Waals surface area (Å²) in [5, 5.41) is 22.3. The number of nitrogens with one attached hydrogen (secondary N) is 1. The van der Waals surface area contributed by atoms with Crippen molar-refractivity contribution >= 4 is 11.6 Å². The number of nitriles is 1. The molecule has 92 valence electrons. The van der Waals surface area contributed by atoms with Crippen LogP contribution in [0.1, 0.15) is 11.6 Å². The van der Waals surface area contributed by atoms with Crippen molar-refractivity contribution in [2.75, 3.05) is 27.2 Å². The van der Waals surface area contributed by atoms with Crippen LogP contribution in [0, 0.1) is 11.3 Å². The van der Waals surface area contributed by atoms with Crippen molar-refractivity contribution < 1.29 is 5.11 Å². The second-order valence-electron chi connectivity index (χ2n) is 4.02. The highest BCUT2D eigenvalue weighted by Gasteiger charge is 2.14. The molecule has 0 aliphatic rings. The van der Waals surface area contributed by atoms with Crippen molar-refractivity contribution in [2.24, 2.45) is 0 Å². The number of phenols is 1. The maximum atomic E-state index is 9.68. The molecule has 1 unspecified atom stereocenters. The number of phenolic OH excluding ortho intramolecular Hbond substituents is 1. The van der Waals surface area contributed by atoms with Gasteiger partial charge in [-0.3, -0.25) is 5.32 Å². The second kappa shape index (κ2) is 6.45. The largest absolute Gasteiger partial charge is 0.508 e. The summed E-state index contributed by atoms with van der Waals surface area (Å²) < 4.78 is 0. The number of halogens is 1. The lowest BCUT2D eigenvalue weighted by atomic mass is 10.1. The van der Waals surface area contributed by atoms with E-state index >= 15 is 0 Å². The first-order valence-electron chi connectivity index (χ1n) is 5.30. The van der Waals surface area contributed by atoms with Crippen LogP contribution in [0.4, 0.5) is 0 Å². The van der Waals surface area contributed by atoms with Crippen molar-refractivity contribution in [3.05, 3.63) is 28.8 Å². The van der Waals surface area contributed by atoms with E-state index in [-0.39, 0.29) is 5.75 Å². The van der Waals surface area contributed by atoms with E-state index in [1.54, 1.807) is 12.1 Å². The molecule has 1 aromatic rings. The van der Waals surface area contributed by atoms with Gasteiger partial charge in [-0.2, -0.15) is 5.26 Å². The van der Waals surface area contributed by atoms with Crippen LogP contribution in [0.3, 0.4) is 0 Å². The zero-order valence-electron chi connectivity index (χ0n) is 9.94. The fraction of sp³-hybridized carbons (Fsp3) is 0.417. The Balaban J connectivity index is 2.73. The summed E-state index contributed by atoms with van der Waals surface area (Å²) >= 11 is 5.85. The summed E-state index contributed by atoms with van der Waals surface area (Å²) in [4.78, 5) is 2.01. The fourth-order valence-corrected chi connectivity index (χ4v) is 1.59. The van der Waals surface area contributed by atoms with E-state index < -0.39 is 6.04 Å². The number of hydrogen-bond donors (Lipinski definition) is 2. The van der Waals surface area contributed by atoms with E-state index in [9.17, 15) is 5.11 Å². The topological polar surface area (TPSA) is 59.3 Å². The molecule has 0 fully saturated rings. The molecule has 0 spiro atoms. The molecule has 1 rings (SSSR count). The molecule has 0 saturated carbocycles. The van der Waals surface area contributed by atoms with Crippen LogP contribution in [0.25, 0.3) is 0 Å². The molecule has 0 radical (unpaired) electrons. The normalized spacial score (nSPS) is 12.4. The molecule has 0 aromatic heterocycles. The van der Waals surface area contributed by atoms with E-state index in [0.29, 0.717) is 17.1 Å². The van der Waals surface area contributed by atoms with Gasteiger partial charge in [-0.25, -0.2) is 0 Å². The number of rotatable bonds is 5. The number of nitrogens with zero attached hydrogens (tertiary/aromatic N) is 2. The first kappa shape index (κ1) is 13.8. The summed E-state index contributed by atoms with van der Waals surface area (Å²) in [6.45, 7) is 1.48. The van der Waals surface area contributed by atoms with Crippen LogP contribution in [-0.2, 0) is 0 Å². The van der Waals surface area contributed by atoms with Gasteiger partial charge >= 0.3 is 0 Å². The molecule has 17 heavy (non-hydrogen) atoms. The van der Waals surface area contributed by atoms with Gasteiger partial charge in [0.2, 0.25) is 0 Å². The van der Waals surface area contributed by atoms with Crippen molar-refractivity contribution in [1.29, 1.82) is 5.26 Å². The Hall–Kier alpha value is -1.28. The average molecular weight is 254 g/mol. The van der Waals surface area contributed by atoms with Crippen LogP contribution in [-0.4, -0.2) is 37.2 Å². The second-order valence-corrected chi connectivity index (χ2v) is 4.46. The van der Waals surface area contributed by atoms with Crippen molar-refractivity contribution in [2.45, 2.75) is 6.04 Å². The Kier molecular flexibility index (Phi) is 5.23. The zero-order valence-corrected chi connectivity index (χ0v) is 10.7. The van der Waals surface area contributed by atoms with E-state index in [2.05, 4.69) is 11.4 Å². The van der Waals surface area contributed by atoms with Gasteiger partial charge in [0.1, 0.15) is 11.8 Å². The lowest BCUT2D eigenvalue weighted by Crippen LogP contribution is -2.29. The van der Waals surface area contributed by atoms with Crippen molar-refractivity contribution in [3.63, 3.8) is 0 Å². The van der Waals surface area contributed by atoms with Gasteiger partial charge in [0.15, 0.2) is 0 Å². The first-order chi connectivity index (χ1) is 8.04. The molecule has 2 N–H and O–H groups in total. The molecule has 1 aromatic carbocycles. The predicted molar refractivity (Wildman–Crippen MR) is 68.0 cm³/mol. The molecule has 0 aliphatic heterocycles. The van der Waals surface area contributed by atoms with Crippen LogP contribution >= 0.6 is 11.6 Å². The van der Waals surface area contributed by atoms with Crippen LogP contribution in [0.5, 0.6) is 5.75 Å². The fourth-order valence-electron chi connectivity index (χ4n) is 1.41. The third kappa shape index (κ3) is 4.23. The summed E-state index contributed by atoms with van der Waals surface area (Å²) in [7, 11) is 3.92. The van der Waals surface area contributed by atoms with E-state index in [0.717, 1.165) is 6.54 Å². The monoisotopic (exact) mass is 253 g/mol. The van der Waals surface area contributed by atoms with Crippen LogP contribution in [0.15, 0.2) is 18.2 Å². The van der Waals surface area contributed by atoms with Gasteiger partial charge in [-0.05, 0) is 32.3 Å². The summed E-state index contributed by atoms with van der Waals surface area (Å²) in [6.07, 6.45) is 0.